The van der Waals surface area contributed by atoms with Crippen molar-refractivity contribution in [2.75, 3.05) is 20.3 Å². The van der Waals surface area contributed by atoms with Gasteiger partial charge in [0.05, 0.1) is 18.2 Å². The summed E-state index contributed by atoms with van der Waals surface area (Å²) in [5.41, 5.74) is -1.33. The highest BCUT2D eigenvalue weighted by Crippen LogP contribution is 2.57. The average molecular weight is 494 g/mol. The first-order valence-electron chi connectivity index (χ1n) is 11.3. The smallest absolute Gasteiger partial charge is 0.194 e. The SMILES string of the molecule is COc1ccc(OCCN/C(C)=C2\C(=O)C=C3Oc4c(C(C)=O)c(O)c(C)c(O)c4[C@@]3(C)C2=O)cc1. The monoisotopic (exact) mass is 493 g/mol. The molecule has 0 saturated heterocycles. The average Bonchev–Trinajstić information content (AvgIpc) is 3.13. The fourth-order valence-corrected chi connectivity index (χ4v) is 4.53. The summed E-state index contributed by atoms with van der Waals surface area (Å²) in [6.07, 6.45) is 1.19. The molecule has 0 unspecified atom stereocenters. The summed E-state index contributed by atoms with van der Waals surface area (Å²) in [7, 11) is 1.58. The number of Topliss-reactive ketones (excluding diaryl/α,β-unsaturated/α-hetero) is 2. The van der Waals surface area contributed by atoms with E-state index in [2.05, 4.69) is 5.32 Å². The maximum atomic E-state index is 13.7. The Morgan fingerprint density at radius 1 is 1.08 bits per heavy atom. The maximum Gasteiger partial charge on any atom is 0.194 e. The van der Waals surface area contributed by atoms with E-state index in [-0.39, 0.29) is 46.1 Å². The van der Waals surface area contributed by atoms with Gasteiger partial charge in [-0.15, -0.1) is 0 Å². The summed E-state index contributed by atoms with van der Waals surface area (Å²) in [4.78, 5) is 39.0. The van der Waals surface area contributed by atoms with Gasteiger partial charge < -0.3 is 29.7 Å². The van der Waals surface area contributed by atoms with Crippen LogP contribution in [0.15, 0.2) is 47.4 Å². The number of phenols is 2. The highest BCUT2D eigenvalue weighted by Gasteiger charge is 2.56. The number of hydrogen-bond donors (Lipinski definition) is 3. The van der Waals surface area contributed by atoms with Crippen LogP contribution in [0.3, 0.4) is 0 Å². The highest BCUT2D eigenvalue weighted by molar-refractivity contribution is 6.31. The molecule has 1 aliphatic carbocycles. The van der Waals surface area contributed by atoms with E-state index in [0.717, 1.165) is 0 Å². The molecule has 0 saturated carbocycles. The molecular weight excluding hydrogens is 466 g/mol. The number of ether oxygens (including phenoxy) is 3. The second-order valence-corrected chi connectivity index (χ2v) is 8.84. The molecule has 2 aromatic rings. The van der Waals surface area contributed by atoms with Gasteiger partial charge in [-0.3, -0.25) is 14.4 Å². The predicted octanol–water partition coefficient (Wildman–Crippen LogP) is 3.25. The van der Waals surface area contributed by atoms with Gasteiger partial charge in [0.2, 0.25) is 0 Å². The molecule has 2 aromatic carbocycles. The molecule has 3 N–H and O–H groups in total. The molecule has 2 aliphatic rings. The van der Waals surface area contributed by atoms with Crippen LogP contribution in [0.4, 0.5) is 0 Å². The summed E-state index contributed by atoms with van der Waals surface area (Å²) < 4.78 is 16.6. The second kappa shape index (κ2) is 9.07. The zero-order chi connectivity index (χ0) is 26.4. The van der Waals surface area contributed by atoms with Gasteiger partial charge in [0.1, 0.15) is 52.1 Å². The first kappa shape index (κ1) is 24.8. The van der Waals surface area contributed by atoms with Crippen LogP contribution in [-0.4, -0.2) is 47.8 Å². The van der Waals surface area contributed by atoms with Crippen molar-refractivity contribution in [1.29, 1.82) is 0 Å². The summed E-state index contributed by atoms with van der Waals surface area (Å²) in [5.74, 6) is -1.20. The molecule has 1 aliphatic heterocycles. The number of hydrogen-bond acceptors (Lipinski definition) is 9. The molecule has 9 nitrogen and oxygen atoms in total. The maximum absolute atomic E-state index is 13.7. The van der Waals surface area contributed by atoms with E-state index in [1.807, 2.05) is 0 Å². The lowest BCUT2D eigenvalue weighted by Gasteiger charge is -2.29. The minimum absolute atomic E-state index is 0.00492. The molecule has 0 spiro atoms. The number of benzene rings is 2. The number of phenolic OH excluding ortho intramolecular Hbond substituents is 2. The number of ketones is 3. The van der Waals surface area contributed by atoms with Crippen LogP contribution in [-0.2, 0) is 15.0 Å². The van der Waals surface area contributed by atoms with Crippen LogP contribution in [0.1, 0.15) is 42.3 Å². The van der Waals surface area contributed by atoms with Crippen molar-refractivity contribution >= 4 is 17.3 Å². The summed E-state index contributed by atoms with van der Waals surface area (Å²) in [6.45, 7) is 6.40. The Kier molecular flexibility index (Phi) is 6.26. The minimum Gasteiger partial charge on any atom is -0.507 e. The predicted molar refractivity (Wildman–Crippen MR) is 130 cm³/mol. The number of nitrogens with one attached hydrogen (secondary N) is 1. The molecule has 188 valence electrons. The number of aromatic hydroxyl groups is 2. The van der Waals surface area contributed by atoms with Gasteiger partial charge in [0.25, 0.3) is 0 Å². The van der Waals surface area contributed by atoms with E-state index in [4.69, 9.17) is 14.2 Å². The van der Waals surface area contributed by atoms with Gasteiger partial charge in [0, 0.05) is 23.9 Å². The van der Waals surface area contributed by atoms with Crippen molar-refractivity contribution in [1.82, 2.24) is 5.32 Å². The fraction of sp³-hybridized carbons (Fsp3) is 0.296. The Morgan fingerprint density at radius 3 is 2.33 bits per heavy atom. The van der Waals surface area contributed by atoms with Gasteiger partial charge in [-0.1, -0.05) is 0 Å². The van der Waals surface area contributed by atoms with Gasteiger partial charge in [-0.25, -0.2) is 0 Å². The van der Waals surface area contributed by atoms with Gasteiger partial charge in [-0.2, -0.15) is 0 Å². The number of methoxy groups -OCH3 is 1. The van der Waals surface area contributed by atoms with Crippen molar-refractivity contribution in [2.45, 2.75) is 33.1 Å². The minimum atomic E-state index is -1.55. The first-order chi connectivity index (χ1) is 17.0. The van der Waals surface area contributed by atoms with Crippen LogP contribution in [0.25, 0.3) is 0 Å². The summed E-state index contributed by atoms with van der Waals surface area (Å²) >= 11 is 0. The van der Waals surface area contributed by atoms with Gasteiger partial charge in [0.15, 0.2) is 17.3 Å². The lowest BCUT2D eigenvalue weighted by atomic mass is 9.70. The number of fused-ring (bicyclic) bond motifs is 3. The van der Waals surface area contributed by atoms with E-state index < -0.39 is 28.5 Å². The lowest BCUT2D eigenvalue weighted by molar-refractivity contribution is -0.123. The van der Waals surface area contributed by atoms with Crippen LogP contribution in [0.5, 0.6) is 28.7 Å². The van der Waals surface area contributed by atoms with Crippen molar-refractivity contribution in [3.8, 4) is 28.7 Å². The van der Waals surface area contributed by atoms with E-state index in [0.29, 0.717) is 23.7 Å². The Hall–Kier alpha value is -4.27. The quantitative estimate of drug-likeness (QED) is 0.230. The Bertz CT molecular complexity index is 1350. The molecule has 0 bridgehead atoms. The van der Waals surface area contributed by atoms with Crippen molar-refractivity contribution in [3.63, 3.8) is 0 Å². The van der Waals surface area contributed by atoms with E-state index in [9.17, 15) is 24.6 Å². The zero-order valence-electron chi connectivity index (χ0n) is 20.6. The normalized spacial score (nSPS) is 19.6. The standard InChI is InChI=1S/C27H27NO8/c1-13-23(31)21(15(3)29)25-22(24(13)32)27(4)19(36-25)12-18(30)20(26(27)33)14(2)28-10-11-35-17-8-6-16(34-5)7-9-17/h6-9,12,28,31-32H,10-11H2,1-5H3/b20-14+/t27-/m0/s1. The van der Waals surface area contributed by atoms with Gasteiger partial charge >= 0.3 is 0 Å². The van der Waals surface area contributed by atoms with Crippen molar-refractivity contribution < 1.29 is 38.8 Å². The molecule has 1 atom stereocenters. The Morgan fingerprint density at radius 2 is 1.72 bits per heavy atom. The molecule has 36 heavy (non-hydrogen) atoms. The largest absolute Gasteiger partial charge is 0.507 e. The second-order valence-electron chi connectivity index (χ2n) is 8.84. The Labute approximate surface area is 208 Å². The molecular formula is C27H27NO8. The topological polar surface area (TPSA) is 131 Å². The number of allylic oxidation sites excluding steroid dienone is 4. The number of rotatable bonds is 7. The number of carbonyl (C=O) groups is 3. The molecule has 0 radical (unpaired) electrons. The molecule has 0 aromatic heterocycles. The first-order valence-corrected chi connectivity index (χ1v) is 11.3. The fourth-order valence-electron chi connectivity index (χ4n) is 4.53. The molecule has 9 heteroatoms. The van der Waals surface area contributed by atoms with Crippen LogP contribution >= 0.6 is 0 Å². The lowest BCUT2D eigenvalue weighted by Crippen LogP contribution is -2.41. The summed E-state index contributed by atoms with van der Waals surface area (Å²) in [6, 6.07) is 7.08. The van der Waals surface area contributed by atoms with Crippen LogP contribution in [0, 0.1) is 6.92 Å². The molecule has 1 heterocycles. The zero-order valence-corrected chi connectivity index (χ0v) is 20.6. The third-order valence-electron chi connectivity index (χ3n) is 6.58. The highest BCUT2D eigenvalue weighted by atomic mass is 16.5. The molecule has 0 fully saturated rings. The third kappa shape index (κ3) is 3.77. The van der Waals surface area contributed by atoms with E-state index in [1.165, 1.54) is 26.8 Å². The molecule has 4 rings (SSSR count). The molecule has 0 amide bonds. The van der Waals surface area contributed by atoms with E-state index >= 15 is 0 Å². The number of carbonyl (C=O) groups excluding carboxylic acids is 3. The summed E-state index contributed by atoms with van der Waals surface area (Å²) in [5, 5.41) is 24.4. The van der Waals surface area contributed by atoms with Crippen molar-refractivity contribution in [2.24, 2.45) is 0 Å². The Balaban J connectivity index is 1.62. The van der Waals surface area contributed by atoms with Gasteiger partial charge in [-0.05, 0) is 52.0 Å². The van der Waals surface area contributed by atoms with E-state index in [1.54, 1.807) is 38.3 Å². The van der Waals surface area contributed by atoms with Crippen molar-refractivity contribution in [3.05, 3.63) is 64.1 Å². The van der Waals surface area contributed by atoms with Crippen LogP contribution in [0.2, 0.25) is 0 Å². The third-order valence-corrected chi connectivity index (χ3v) is 6.58. The van der Waals surface area contributed by atoms with Crippen LogP contribution < -0.4 is 19.5 Å².